The van der Waals surface area contributed by atoms with Crippen LogP contribution in [-0.2, 0) is 16.0 Å². The van der Waals surface area contributed by atoms with Gasteiger partial charge in [0.05, 0.1) is 32.8 Å². The molecule has 1 fully saturated rings. The third-order valence-electron chi connectivity index (χ3n) is 6.47. The van der Waals surface area contributed by atoms with Gasteiger partial charge in [0.15, 0.2) is 0 Å². The maximum Gasteiger partial charge on any atom is 0.311 e. The van der Waals surface area contributed by atoms with Crippen molar-refractivity contribution in [3.63, 3.8) is 0 Å². The molecule has 0 amide bonds. The van der Waals surface area contributed by atoms with Gasteiger partial charge in [-0.3, -0.25) is 9.69 Å². The fraction of sp³-hybridized carbons (Fsp3) is 0.500. The lowest BCUT2D eigenvalue weighted by molar-refractivity contribution is -0.149. The molecule has 1 saturated heterocycles. The van der Waals surface area contributed by atoms with Gasteiger partial charge in [0.2, 0.25) is 0 Å². The second kappa shape index (κ2) is 7.60. The summed E-state index contributed by atoms with van der Waals surface area (Å²) in [5.74, 6) is -0.0341. The Morgan fingerprint density at radius 2 is 2.25 bits per heavy atom. The monoisotopic (exact) mass is 384 g/mol. The Morgan fingerprint density at radius 1 is 1.43 bits per heavy atom. The number of hydrogen-bond donors (Lipinski definition) is 2. The third-order valence-corrected chi connectivity index (χ3v) is 6.47. The molecule has 3 atom stereocenters. The second-order valence-corrected chi connectivity index (χ2v) is 7.68. The van der Waals surface area contributed by atoms with Crippen LogP contribution in [0, 0.1) is 11.8 Å². The number of carbonyl (C=O) groups is 1. The molecule has 4 rings (SSSR count). The van der Waals surface area contributed by atoms with Gasteiger partial charge in [-0.2, -0.15) is 0 Å². The lowest BCUT2D eigenvalue weighted by Gasteiger charge is -2.45. The van der Waals surface area contributed by atoms with Crippen molar-refractivity contribution in [2.24, 2.45) is 11.8 Å². The quantitative estimate of drug-likeness (QED) is 0.626. The van der Waals surface area contributed by atoms with Crippen LogP contribution in [-0.4, -0.2) is 54.9 Å². The molecule has 3 heterocycles. The van der Waals surface area contributed by atoms with E-state index in [0.717, 1.165) is 37.2 Å². The highest BCUT2D eigenvalue weighted by atomic mass is 16.5. The van der Waals surface area contributed by atoms with E-state index < -0.39 is 5.92 Å². The normalized spacial score (nSPS) is 24.6. The molecule has 0 spiro atoms. The minimum atomic E-state index is -0.520. The van der Waals surface area contributed by atoms with Gasteiger partial charge in [0.1, 0.15) is 5.75 Å². The molecular weight excluding hydrogens is 356 g/mol. The van der Waals surface area contributed by atoms with E-state index in [1.807, 2.05) is 19.1 Å². The SMILES string of the molecule is CC=C1CN2CCc3c([nH]c4cc(OC)ccc34)C2CC1C(CO)C(=O)OC. The first-order chi connectivity index (χ1) is 13.6. The predicted octanol–water partition coefficient (Wildman–Crippen LogP) is 2.82. The lowest BCUT2D eigenvalue weighted by Crippen LogP contribution is -2.45. The topological polar surface area (TPSA) is 74.8 Å². The van der Waals surface area contributed by atoms with Crippen LogP contribution < -0.4 is 4.74 Å². The Bertz CT molecular complexity index is 917. The van der Waals surface area contributed by atoms with E-state index in [-0.39, 0.29) is 24.5 Å². The average Bonchev–Trinajstić information content (AvgIpc) is 3.11. The zero-order valence-electron chi connectivity index (χ0n) is 16.7. The van der Waals surface area contributed by atoms with Gasteiger partial charge in [-0.1, -0.05) is 11.6 Å². The van der Waals surface area contributed by atoms with Gasteiger partial charge in [-0.25, -0.2) is 0 Å². The van der Waals surface area contributed by atoms with Gasteiger partial charge in [-0.05, 0) is 43.4 Å². The molecule has 0 radical (unpaired) electrons. The van der Waals surface area contributed by atoms with Gasteiger partial charge in [-0.15, -0.1) is 0 Å². The van der Waals surface area contributed by atoms with Crippen LogP contribution >= 0.6 is 0 Å². The number of carbonyl (C=O) groups excluding carboxylic acids is 1. The lowest BCUT2D eigenvalue weighted by atomic mass is 9.75. The summed E-state index contributed by atoms with van der Waals surface area (Å²) >= 11 is 0. The predicted molar refractivity (Wildman–Crippen MR) is 107 cm³/mol. The number of nitrogens with zero attached hydrogens (tertiary/aromatic N) is 1. The van der Waals surface area contributed by atoms with Crippen molar-refractivity contribution in [1.29, 1.82) is 0 Å². The first-order valence-corrected chi connectivity index (χ1v) is 9.87. The van der Waals surface area contributed by atoms with E-state index in [2.05, 4.69) is 22.0 Å². The van der Waals surface area contributed by atoms with Crippen LogP contribution in [0.2, 0.25) is 0 Å². The van der Waals surface area contributed by atoms with Gasteiger partial charge >= 0.3 is 5.97 Å². The molecule has 6 heteroatoms. The van der Waals surface area contributed by atoms with Crippen LogP contribution in [0.4, 0.5) is 0 Å². The van der Waals surface area contributed by atoms with E-state index in [1.54, 1.807) is 7.11 Å². The molecule has 28 heavy (non-hydrogen) atoms. The number of hydrogen-bond acceptors (Lipinski definition) is 5. The molecule has 3 unspecified atom stereocenters. The maximum absolute atomic E-state index is 12.3. The molecule has 150 valence electrons. The van der Waals surface area contributed by atoms with Gasteiger partial charge < -0.3 is 19.6 Å². The van der Waals surface area contributed by atoms with Crippen molar-refractivity contribution >= 4 is 16.9 Å². The number of nitrogens with one attached hydrogen (secondary N) is 1. The summed E-state index contributed by atoms with van der Waals surface area (Å²) < 4.78 is 10.3. The number of methoxy groups -OCH3 is 2. The number of rotatable bonds is 4. The number of aromatic amines is 1. The molecular formula is C22H28N2O4. The van der Waals surface area contributed by atoms with E-state index in [1.165, 1.54) is 29.3 Å². The Balaban J connectivity index is 1.73. The summed E-state index contributed by atoms with van der Waals surface area (Å²) in [4.78, 5) is 18.4. The number of aliphatic hydroxyl groups excluding tert-OH is 1. The highest BCUT2D eigenvalue weighted by molar-refractivity contribution is 5.86. The number of aliphatic hydroxyl groups is 1. The molecule has 2 aromatic rings. The first kappa shape index (κ1) is 19.0. The molecule has 1 aromatic carbocycles. The van der Waals surface area contributed by atoms with E-state index in [9.17, 15) is 9.90 Å². The zero-order chi connectivity index (χ0) is 19.8. The number of esters is 1. The molecule has 0 bridgehead atoms. The summed E-state index contributed by atoms with van der Waals surface area (Å²) in [7, 11) is 3.07. The fourth-order valence-electron chi connectivity index (χ4n) is 4.98. The summed E-state index contributed by atoms with van der Waals surface area (Å²) in [6, 6.07) is 6.38. The molecule has 2 aliphatic rings. The second-order valence-electron chi connectivity index (χ2n) is 7.68. The van der Waals surface area contributed by atoms with E-state index >= 15 is 0 Å². The number of benzene rings is 1. The number of H-pyrrole nitrogens is 1. The standard InChI is InChI=1S/C22H28N2O4/c1-4-13-11-24-8-7-16-15-6-5-14(27-2)9-19(15)23-21(16)20(24)10-17(13)18(12-25)22(26)28-3/h4-6,9,17-18,20,23,25H,7-8,10-12H2,1-3H3. The molecule has 2 N–H and O–H groups in total. The largest absolute Gasteiger partial charge is 0.497 e. The number of piperidine rings is 1. The summed E-state index contributed by atoms with van der Waals surface area (Å²) in [6.07, 6.45) is 3.88. The maximum atomic E-state index is 12.3. The third kappa shape index (κ3) is 3.01. The fourth-order valence-corrected chi connectivity index (χ4v) is 4.98. The van der Waals surface area contributed by atoms with Crippen LogP contribution in [0.25, 0.3) is 10.9 Å². The Kier molecular flexibility index (Phi) is 5.17. The van der Waals surface area contributed by atoms with Crippen molar-refractivity contribution in [2.45, 2.75) is 25.8 Å². The summed E-state index contributed by atoms with van der Waals surface area (Å²) in [5, 5.41) is 11.1. The average molecular weight is 384 g/mol. The van der Waals surface area contributed by atoms with Crippen LogP contribution in [0.5, 0.6) is 5.75 Å². The Hall–Kier alpha value is -2.31. The number of allylic oxidation sites excluding steroid dienone is 1. The van der Waals surface area contributed by atoms with E-state index in [0.29, 0.717) is 0 Å². The molecule has 0 aliphatic carbocycles. The zero-order valence-corrected chi connectivity index (χ0v) is 16.7. The highest BCUT2D eigenvalue weighted by Gasteiger charge is 2.42. The van der Waals surface area contributed by atoms with Crippen molar-refractivity contribution in [3.8, 4) is 5.75 Å². The molecule has 1 aromatic heterocycles. The summed E-state index contributed by atoms with van der Waals surface area (Å²) in [6.45, 7) is 3.62. The van der Waals surface area contributed by atoms with Crippen molar-refractivity contribution < 1.29 is 19.4 Å². The van der Waals surface area contributed by atoms with Crippen molar-refractivity contribution in [2.75, 3.05) is 33.9 Å². The molecule has 2 aliphatic heterocycles. The van der Waals surface area contributed by atoms with Gasteiger partial charge in [0.25, 0.3) is 0 Å². The molecule has 6 nitrogen and oxygen atoms in total. The van der Waals surface area contributed by atoms with Crippen molar-refractivity contribution in [1.82, 2.24) is 9.88 Å². The van der Waals surface area contributed by atoms with Crippen LogP contribution in [0.1, 0.15) is 30.6 Å². The minimum absolute atomic E-state index is 0.0180. The number of aromatic nitrogens is 1. The van der Waals surface area contributed by atoms with Gasteiger partial charge in [0, 0.05) is 35.8 Å². The highest BCUT2D eigenvalue weighted by Crippen LogP contribution is 2.45. The smallest absolute Gasteiger partial charge is 0.311 e. The summed E-state index contributed by atoms with van der Waals surface area (Å²) in [5.41, 5.74) is 4.89. The minimum Gasteiger partial charge on any atom is -0.497 e. The number of ether oxygens (including phenoxy) is 2. The van der Waals surface area contributed by atoms with Crippen LogP contribution in [0.3, 0.4) is 0 Å². The number of fused-ring (bicyclic) bond motifs is 5. The Labute approximate surface area is 165 Å². The molecule has 0 saturated carbocycles. The van der Waals surface area contributed by atoms with E-state index in [4.69, 9.17) is 9.47 Å². The Morgan fingerprint density at radius 3 is 2.93 bits per heavy atom. The van der Waals surface area contributed by atoms with Crippen LogP contribution in [0.15, 0.2) is 29.8 Å². The van der Waals surface area contributed by atoms with Crippen molar-refractivity contribution in [3.05, 3.63) is 41.1 Å². The first-order valence-electron chi connectivity index (χ1n) is 9.87.